The van der Waals surface area contributed by atoms with Crippen molar-refractivity contribution in [3.63, 3.8) is 0 Å². The molecule has 116 valence electrons. The first kappa shape index (κ1) is 17.2. The number of ether oxygens (including phenoxy) is 1. The van der Waals surface area contributed by atoms with Gasteiger partial charge in [-0.25, -0.2) is 4.79 Å². The number of rotatable bonds is 7. The Labute approximate surface area is 127 Å². The maximum Gasteiger partial charge on any atom is 0.328 e. The number of carbonyl (C=O) groups is 2. The van der Waals surface area contributed by atoms with E-state index in [4.69, 9.17) is 4.74 Å². The minimum Gasteiger partial charge on any atom is -0.464 e. The molecule has 4 heteroatoms. The van der Waals surface area contributed by atoms with Crippen molar-refractivity contribution >= 4 is 11.9 Å². The average Bonchev–Trinajstić information content (AvgIpc) is 2.44. The molecule has 0 radical (unpaired) electrons. The highest BCUT2D eigenvalue weighted by Crippen LogP contribution is 2.14. The van der Waals surface area contributed by atoms with Gasteiger partial charge in [0.1, 0.15) is 6.04 Å². The Morgan fingerprint density at radius 3 is 2.29 bits per heavy atom. The second-order valence-electron chi connectivity index (χ2n) is 5.53. The highest BCUT2D eigenvalue weighted by atomic mass is 16.5. The van der Waals surface area contributed by atoms with Crippen molar-refractivity contribution in [3.8, 4) is 0 Å². The quantitative estimate of drug-likeness (QED) is 0.725. The lowest BCUT2D eigenvalue weighted by Gasteiger charge is -2.28. The zero-order valence-electron chi connectivity index (χ0n) is 13.3. The molecule has 0 aliphatic carbocycles. The number of esters is 1. The van der Waals surface area contributed by atoms with Crippen LogP contribution in [0.4, 0.5) is 0 Å². The number of benzene rings is 1. The molecule has 0 aliphatic rings. The minimum atomic E-state index is -0.573. The summed E-state index contributed by atoms with van der Waals surface area (Å²) in [7, 11) is 0. The van der Waals surface area contributed by atoms with Crippen LogP contribution in [-0.2, 0) is 20.9 Å². The lowest BCUT2D eigenvalue weighted by molar-refractivity contribution is -0.154. The molecule has 1 amide bonds. The summed E-state index contributed by atoms with van der Waals surface area (Å²) in [5.41, 5.74) is 1.01. The smallest absolute Gasteiger partial charge is 0.328 e. The minimum absolute atomic E-state index is 0.0191. The van der Waals surface area contributed by atoms with Gasteiger partial charge in [0.2, 0.25) is 5.91 Å². The van der Waals surface area contributed by atoms with Crippen molar-refractivity contribution in [1.82, 2.24) is 4.90 Å². The molecule has 0 N–H and O–H groups in total. The predicted molar refractivity (Wildman–Crippen MR) is 82.5 cm³/mol. The predicted octanol–water partition coefficient (Wildman–Crippen LogP) is 3.01. The molecular formula is C17H25NO3. The molecule has 1 aromatic carbocycles. The van der Waals surface area contributed by atoms with Gasteiger partial charge in [0.25, 0.3) is 0 Å². The van der Waals surface area contributed by atoms with Crippen LogP contribution in [0.15, 0.2) is 30.3 Å². The summed E-state index contributed by atoms with van der Waals surface area (Å²) in [6, 6.07) is 9.11. The van der Waals surface area contributed by atoms with Crippen molar-refractivity contribution in [2.45, 2.75) is 46.7 Å². The summed E-state index contributed by atoms with van der Waals surface area (Å²) in [5, 5.41) is 0. The normalized spacial score (nSPS) is 12.0. The first-order chi connectivity index (χ1) is 9.95. The molecule has 1 aromatic rings. The second kappa shape index (κ2) is 8.45. The summed E-state index contributed by atoms with van der Waals surface area (Å²) in [6.07, 6.45) is 0.427. The van der Waals surface area contributed by atoms with Gasteiger partial charge in [0, 0.05) is 13.0 Å². The first-order valence-electron chi connectivity index (χ1n) is 7.45. The van der Waals surface area contributed by atoms with Crippen LogP contribution in [0.1, 0.15) is 39.7 Å². The third-order valence-corrected chi connectivity index (χ3v) is 3.19. The molecule has 1 unspecified atom stereocenters. The van der Waals surface area contributed by atoms with Crippen molar-refractivity contribution in [2.24, 2.45) is 5.92 Å². The van der Waals surface area contributed by atoms with E-state index >= 15 is 0 Å². The topological polar surface area (TPSA) is 46.6 Å². The van der Waals surface area contributed by atoms with Gasteiger partial charge in [-0.15, -0.1) is 0 Å². The molecule has 0 heterocycles. The summed E-state index contributed by atoms with van der Waals surface area (Å²) >= 11 is 0. The second-order valence-corrected chi connectivity index (χ2v) is 5.53. The van der Waals surface area contributed by atoms with E-state index in [0.29, 0.717) is 19.6 Å². The Kier molecular flexibility index (Phi) is 6.92. The Hall–Kier alpha value is -1.84. The molecule has 4 nitrogen and oxygen atoms in total. The number of hydrogen-bond donors (Lipinski definition) is 0. The number of nitrogens with zero attached hydrogens (tertiary/aromatic N) is 1. The van der Waals surface area contributed by atoms with E-state index in [1.165, 1.54) is 0 Å². The fourth-order valence-corrected chi connectivity index (χ4v) is 2.08. The van der Waals surface area contributed by atoms with Gasteiger partial charge in [-0.05, 0) is 25.3 Å². The molecule has 0 bridgehead atoms. The Balaban J connectivity index is 2.88. The Bertz CT molecular complexity index is 456. The largest absolute Gasteiger partial charge is 0.464 e. The molecular weight excluding hydrogens is 266 g/mol. The van der Waals surface area contributed by atoms with Crippen molar-refractivity contribution in [1.29, 1.82) is 0 Å². The van der Waals surface area contributed by atoms with Gasteiger partial charge in [-0.1, -0.05) is 44.2 Å². The molecule has 1 atom stereocenters. The maximum atomic E-state index is 12.4. The SMILES string of the molecule is CCOC(=O)C(C)N(Cc1ccccc1)C(=O)CC(C)C. The standard InChI is InChI=1S/C17H25NO3/c1-5-21-17(20)14(4)18(16(19)11-13(2)3)12-15-9-7-6-8-10-15/h6-10,13-14H,5,11-12H2,1-4H3. The summed E-state index contributed by atoms with van der Waals surface area (Å²) in [6.45, 7) is 8.22. The van der Waals surface area contributed by atoms with Crippen LogP contribution in [0.25, 0.3) is 0 Å². The fraction of sp³-hybridized carbons (Fsp3) is 0.529. The Morgan fingerprint density at radius 2 is 1.76 bits per heavy atom. The monoisotopic (exact) mass is 291 g/mol. The van der Waals surface area contributed by atoms with E-state index in [2.05, 4.69) is 0 Å². The van der Waals surface area contributed by atoms with Crippen molar-refractivity contribution < 1.29 is 14.3 Å². The van der Waals surface area contributed by atoms with Gasteiger partial charge in [0.15, 0.2) is 0 Å². The first-order valence-corrected chi connectivity index (χ1v) is 7.45. The van der Waals surface area contributed by atoms with Gasteiger partial charge in [-0.3, -0.25) is 4.79 Å². The third-order valence-electron chi connectivity index (χ3n) is 3.19. The number of carbonyl (C=O) groups excluding carboxylic acids is 2. The zero-order valence-corrected chi connectivity index (χ0v) is 13.3. The van der Waals surface area contributed by atoms with Crippen LogP contribution >= 0.6 is 0 Å². The van der Waals surface area contributed by atoms with Gasteiger partial charge < -0.3 is 9.64 Å². The van der Waals surface area contributed by atoms with Crippen LogP contribution in [-0.4, -0.2) is 29.4 Å². The lowest BCUT2D eigenvalue weighted by atomic mass is 10.1. The summed E-state index contributed by atoms with van der Waals surface area (Å²) in [4.78, 5) is 26.0. The van der Waals surface area contributed by atoms with E-state index in [-0.39, 0.29) is 17.8 Å². The highest BCUT2D eigenvalue weighted by molar-refractivity contribution is 5.84. The maximum absolute atomic E-state index is 12.4. The lowest BCUT2D eigenvalue weighted by Crippen LogP contribution is -2.44. The average molecular weight is 291 g/mol. The van der Waals surface area contributed by atoms with Crippen LogP contribution in [0.3, 0.4) is 0 Å². The van der Waals surface area contributed by atoms with E-state index in [1.807, 2.05) is 44.2 Å². The van der Waals surface area contributed by atoms with Crippen LogP contribution in [0, 0.1) is 5.92 Å². The molecule has 0 aromatic heterocycles. The molecule has 0 saturated carbocycles. The van der Waals surface area contributed by atoms with E-state index in [1.54, 1.807) is 18.7 Å². The molecule has 1 rings (SSSR count). The molecule has 0 aliphatic heterocycles. The van der Waals surface area contributed by atoms with Crippen LogP contribution < -0.4 is 0 Å². The fourth-order valence-electron chi connectivity index (χ4n) is 2.08. The number of hydrogen-bond acceptors (Lipinski definition) is 3. The van der Waals surface area contributed by atoms with Crippen molar-refractivity contribution in [3.05, 3.63) is 35.9 Å². The van der Waals surface area contributed by atoms with Gasteiger partial charge in [-0.2, -0.15) is 0 Å². The molecule has 0 spiro atoms. The third kappa shape index (κ3) is 5.58. The summed E-state index contributed by atoms with van der Waals surface area (Å²) < 4.78 is 5.04. The van der Waals surface area contributed by atoms with E-state index in [9.17, 15) is 9.59 Å². The van der Waals surface area contributed by atoms with E-state index in [0.717, 1.165) is 5.56 Å². The van der Waals surface area contributed by atoms with E-state index < -0.39 is 6.04 Å². The Morgan fingerprint density at radius 1 is 1.14 bits per heavy atom. The highest BCUT2D eigenvalue weighted by Gasteiger charge is 2.27. The molecule has 0 fully saturated rings. The molecule has 0 saturated heterocycles. The van der Waals surface area contributed by atoms with Crippen molar-refractivity contribution in [2.75, 3.05) is 6.61 Å². The van der Waals surface area contributed by atoms with Crippen LogP contribution in [0.5, 0.6) is 0 Å². The number of amides is 1. The zero-order chi connectivity index (χ0) is 15.8. The van der Waals surface area contributed by atoms with Crippen LogP contribution in [0.2, 0.25) is 0 Å². The molecule has 21 heavy (non-hydrogen) atoms. The van der Waals surface area contributed by atoms with Gasteiger partial charge >= 0.3 is 5.97 Å². The van der Waals surface area contributed by atoms with Gasteiger partial charge in [0.05, 0.1) is 6.61 Å². The summed E-state index contributed by atoms with van der Waals surface area (Å²) in [5.74, 6) is -0.120.